The molecule has 0 bridgehead atoms. The minimum absolute atomic E-state index is 0.0258. The van der Waals surface area contributed by atoms with E-state index in [-0.39, 0.29) is 18.5 Å². The Kier molecular flexibility index (Phi) is 3.69. The van der Waals surface area contributed by atoms with Gasteiger partial charge in [0.05, 0.1) is 19.6 Å². The maximum absolute atomic E-state index is 11.9. The van der Waals surface area contributed by atoms with Crippen LogP contribution in [0.25, 0.3) is 0 Å². The average molecular weight is 224 g/mol. The summed E-state index contributed by atoms with van der Waals surface area (Å²) in [5.74, 6) is 0.0258. The molecule has 0 amide bonds. The predicted octanol–water partition coefficient (Wildman–Crippen LogP) is 1.24. The lowest BCUT2D eigenvalue weighted by Gasteiger charge is -2.09. The van der Waals surface area contributed by atoms with Gasteiger partial charge in [0.15, 0.2) is 12.1 Å². The third kappa shape index (κ3) is 2.48. The molecule has 2 heterocycles. The van der Waals surface area contributed by atoms with Crippen LogP contribution in [0.15, 0.2) is 12.3 Å². The number of aryl methyl sites for hydroxylation is 1. The number of carbonyl (C=O) groups is 1. The Morgan fingerprint density at radius 1 is 1.56 bits per heavy atom. The lowest BCUT2D eigenvalue weighted by Crippen LogP contribution is -2.18. The maximum Gasteiger partial charge on any atom is 0.185 e. The van der Waals surface area contributed by atoms with Crippen molar-refractivity contribution < 1.29 is 14.3 Å². The standard InChI is InChI=1S/C11H16N2O3/c1-2-5-13-9(3-4-12-13)10(14)8-11-15-6-7-16-11/h3-4,11H,2,5-8H2,1H3. The number of nitrogens with zero attached hydrogens (tertiary/aromatic N) is 2. The van der Waals surface area contributed by atoms with Crippen molar-refractivity contribution in [2.75, 3.05) is 13.2 Å². The monoisotopic (exact) mass is 224 g/mol. The van der Waals surface area contributed by atoms with Crippen molar-refractivity contribution in [2.24, 2.45) is 0 Å². The highest BCUT2D eigenvalue weighted by molar-refractivity contribution is 5.94. The van der Waals surface area contributed by atoms with Crippen LogP contribution in [-0.4, -0.2) is 35.1 Å². The van der Waals surface area contributed by atoms with Gasteiger partial charge < -0.3 is 9.47 Å². The van der Waals surface area contributed by atoms with Crippen LogP contribution in [0.5, 0.6) is 0 Å². The number of ether oxygens (including phenoxy) is 2. The van der Waals surface area contributed by atoms with Crippen molar-refractivity contribution in [3.05, 3.63) is 18.0 Å². The van der Waals surface area contributed by atoms with Gasteiger partial charge in [-0.15, -0.1) is 0 Å². The van der Waals surface area contributed by atoms with E-state index >= 15 is 0 Å². The van der Waals surface area contributed by atoms with E-state index in [1.54, 1.807) is 16.9 Å². The van der Waals surface area contributed by atoms with Crippen LogP contribution in [0.1, 0.15) is 30.3 Å². The number of carbonyl (C=O) groups excluding carboxylic acids is 1. The predicted molar refractivity (Wildman–Crippen MR) is 57.2 cm³/mol. The molecule has 1 aliphatic rings. The van der Waals surface area contributed by atoms with E-state index < -0.39 is 0 Å². The fraction of sp³-hybridized carbons (Fsp3) is 0.636. The molecule has 1 saturated heterocycles. The highest BCUT2D eigenvalue weighted by atomic mass is 16.7. The zero-order valence-electron chi connectivity index (χ0n) is 9.39. The summed E-state index contributed by atoms with van der Waals surface area (Å²) >= 11 is 0. The minimum Gasteiger partial charge on any atom is -0.350 e. The molecule has 1 aliphatic heterocycles. The topological polar surface area (TPSA) is 53.4 Å². The normalized spacial score (nSPS) is 16.8. The van der Waals surface area contributed by atoms with Crippen LogP contribution in [0.2, 0.25) is 0 Å². The smallest absolute Gasteiger partial charge is 0.185 e. The minimum atomic E-state index is -0.377. The van der Waals surface area contributed by atoms with Gasteiger partial charge in [0, 0.05) is 12.7 Å². The summed E-state index contributed by atoms with van der Waals surface area (Å²) in [6.45, 7) is 3.97. The van der Waals surface area contributed by atoms with Crippen molar-refractivity contribution in [2.45, 2.75) is 32.6 Å². The number of aromatic nitrogens is 2. The van der Waals surface area contributed by atoms with Crippen LogP contribution < -0.4 is 0 Å². The van der Waals surface area contributed by atoms with Crippen molar-refractivity contribution >= 4 is 5.78 Å². The first kappa shape index (κ1) is 11.3. The molecule has 1 aromatic heterocycles. The van der Waals surface area contributed by atoms with Crippen molar-refractivity contribution in [3.63, 3.8) is 0 Å². The van der Waals surface area contributed by atoms with Crippen molar-refractivity contribution in [3.8, 4) is 0 Å². The molecule has 5 heteroatoms. The summed E-state index contributed by atoms with van der Waals surface area (Å²) < 4.78 is 12.2. The summed E-state index contributed by atoms with van der Waals surface area (Å²) in [5, 5.41) is 4.12. The Hall–Kier alpha value is -1.20. The molecule has 0 saturated carbocycles. The largest absolute Gasteiger partial charge is 0.350 e. The molecule has 1 aromatic rings. The van der Waals surface area contributed by atoms with Gasteiger partial charge in [-0.05, 0) is 12.5 Å². The lowest BCUT2D eigenvalue weighted by molar-refractivity contribution is -0.0409. The van der Waals surface area contributed by atoms with E-state index in [1.165, 1.54) is 0 Å². The zero-order chi connectivity index (χ0) is 11.4. The molecule has 0 radical (unpaired) electrons. The van der Waals surface area contributed by atoms with Crippen LogP contribution >= 0.6 is 0 Å². The van der Waals surface area contributed by atoms with Gasteiger partial charge in [-0.3, -0.25) is 9.48 Å². The highest BCUT2D eigenvalue weighted by Gasteiger charge is 2.22. The fourth-order valence-electron chi connectivity index (χ4n) is 1.74. The van der Waals surface area contributed by atoms with E-state index in [0.29, 0.717) is 18.9 Å². The maximum atomic E-state index is 11.9. The molecule has 0 atom stereocenters. The quantitative estimate of drug-likeness (QED) is 0.706. The first-order valence-corrected chi connectivity index (χ1v) is 5.59. The lowest BCUT2D eigenvalue weighted by atomic mass is 10.2. The second-order valence-electron chi connectivity index (χ2n) is 3.74. The molecule has 16 heavy (non-hydrogen) atoms. The highest BCUT2D eigenvalue weighted by Crippen LogP contribution is 2.12. The average Bonchev–Trinajstić information content (AvgIpc) is 2.89. The molecule has 0 N–H and O–H groups in total. The number of rotatable bonds is 5. The number of ketones is 1. The molecule has 5 nitrogen and oxygen atoms in total. The first-order valence-electron chi connectivity index (χ1n) is 5.59. The SMILES string of the molecule is CCCn1nccc1C(=O)CC1OCCO1. The zero-order valence-corrected chi connectivity index (χ0v) is 9.39. The molecule has 2 rings (SSSR count). The molecular formula is C11H16N2O3. The molecular weight excluding hydrogens is 208 g/mol. The van der Waals surface area contributed by atoms with Crippen LogP contribution in [0.3, 0.4) is 0 Å². The Balaban J connectivity index is 1.99. The van der Waals surface area contributed by atoms with Crippen LogP contribution in [0, 0.1) is 0 Å². The molecule has 0 aliphatic carbocycles. The number of hydrogen-bond acceptors (Lipinski definition) is 4. The first-order chi connectivity index (χ1) is 7.81. The van der Waals surface area contributed by atoms with E-state index in [1.807, 2.05) is 0 Å². The second-order valence-corrected chi connectivity index (χ2v) is 3.74. The molecule has 0 unspecified atom stereocenters. The van der Waals surface area contributed by atoms with Gasteiger partial charge in [0.2, 0.25) is 0 Å². The Bertz CT molecular complexity index is 356. The number of hydrogen-bond donors (Lipinski definition) is 0. The summed E-state index contributed by atoms with van der Waals surface area (Å²) in [6.07, 6.45) is 2.50. The van der Waals surface area contributed by atoms with E-state index in [4.69, 9.17) is 9.47 Å². The summed E-state index contributed by atoms with van der Waals surface area (Å²) in [6, 6.07) is 1.74. The number of Topliss-reactive ketones (excluding diaryl/α,β-unsaturated/α-hetero) is 1. The van der Waals surface area contributed by atoms with Gasteiger partial charge in [-0.2, -0.15) is 5.10 Å². The third-order valence-corrected chi connectivity index (χ3v) is 2.48. The summed E-state index contributed by atoms with van der Waals surface area (Å²) in [4.78, 5) is 11.9. The third-order valence-electron chi connectivity index (χ3n) is 2.48. The van der Waals surface area contributed by atoms with Crippen LogP contribution in [-0.2, 0) is 16.0 Å². The molecule has 1 fully saturated rings. The van der Waals surface area contributed by atoms with E-state index in [0.717, 1.165) is 13.0 Å². The van der Waals surface area contributed by atoms with E-state index in [2.05, 4.69) is 12.0 Å². The summed E-state index contributed by atoms with van der Waals surface area (Å²) in [5.41, 5.74) is 0.640. The van der Waals surface area contributed by atoms with Crippen molar-refractivity contribution in [1.82, 2.24) is 9.78 Å². The molecule has 0 spiro atoms. The Morgan fingerprint density at radius 3 is 3.00 bits per heavy atom. The van der Waals surface area contributed by atoms with Gasteiger partial charge in [0.25, 0.3) is 0 Å². The van der Waals surface area contributed by atoms with Gasteiger partial charge in [0.1, 0.15) is 5.69 Å². The van der Waals surface area contributed by atoms with Gasteiger partial charge in [-0.1, -0.05) is 6.92 Å². The van der Waals surface area contributed by atoms with E-state index in [9.17, 15) is 4.79 Å². The van der Waals surface area contributed by atoms with Crippen molar-refractivity contribution in [1.29, 1.82) is 0 Å². The Morgan fingerprint density at radius 2 is 2.31 bits per heavy atom. The van der Waals surface area contributed by atoms with Gasteiger partial charge >= 0.3 is 0 Å². The Labute approximate surface area is 94.3 Å². The second kappa shape index (κ2) is 5.23. The molecule has 88 valence electrons. The van der Waals surface area contributed by atoms with Gasteiger partial charge in [-0.25, -0.2) is 0 Å². The summed E-state index contributed by atoms with van der Waals surface area (Å²) in [7, 11) is 0. The molecule has 0 aromatic carbocycles. The fourth-order valence-corrected chi connectivity index (χ4v) is 1.74. The van der Waals surface area contributed by atoms with Crippen LogP contribution in [0.4, 0.5) is 0 Å².